The number of halogens is 1. The van der Waals surface area contributed by atoms with Crippen LogP contribution >= 0.6 is 11.6 Å². The molecule has 0 aliphatic rings. The van der Waals surface area contributed by atoms with Gasteiger partial charge in [0.1, 0.15) is 5.76 Å². The number of alkyl halides is 1. The second kappa shape index (κ2) is 3.71. The molecule has 0 aliphatic carbocycles. The number of anilines is 1. The van der Waals surface area contributed by atoms with E-state index in [4.69, 9.17) is 20.4 Å². The van der Waals surface area contributed by atoms with Gasteiger partial charge in [0.2, 0.25) is 0 Å². The molecule has 2 rings (SSSR count). The van der Waals surface area contributed by atoms with Gasteiger partial charge in [0.05, 0.1) is 5.88 Å². The number of nitrogens with one attached hydrogen (secondary N) is 1. The molecule has 74 valence electrons. The number of hydrogen-bond donors (Lipinski definition) is 1. The first-order valence-corrected chi connectivity index (χ1v) is 4.53. The van der Waals surface area contributed by atoms with Crippen LogP contribution in [0.2, 0.25) is 0 Å². The molecule has 0 radical (unpaired) electrons. The first-order chi connectivity index (χ1) is 6.83. The predicted molar refractivity (Wildman–Crippen MR) is 51.1 cm³/mol. The van der Waals surface area contributed by atoms with Gasteiger partial charge < -0.3 is 14.2 Å². The third-order valence-corrected chi connectivity index (χ3v) is 1.91. The minimum Gasteiger partial charge on any atom is -0.455 e. The summed E-state index contributed by atoms with van der Waals surface area (Å²) in [7, 11) is 1.70. The first-order valence-electron chi connectivity index (χ1n) is 4.00. The average Bonchev–Trinajstić information content (AvgIpc) is 2.86. The van der Waals surface area contributed by atoms with Crippen molar-refractivity contribution in [3.8, 4) is 11.7 Å². The van der Waals surface area contributed by atoms with Gasteiger partial charge in [-0.1, -0.05) is 5.10 Å². The van der Waals surface area contributed by atoms with Gasteiger partial charge >= 0.3 is 6.01 Å². The fourth-order valence-electron chi connectivity index (χ4n) is 0.989. The summed E-state index contributed by atoms with van der Waals surface area (Å²) in [4.78, 5) is 0. The van der Waals surface area contributed by atoms with Gasteiger partial charge in [0.15, 0.2) is 5.76 Å². The van der Waals surface area contributed by atoms with E-state index in [9.17, 15) is 0 Å². The molecule has 14 heavy (non-hydrogen) atoms. The Labute approximate surface area is 85.1 Å². The number of furan rings is 1. The molecule has 0 atom stereocenters. The van der Waals surface area contributed by atoms with E-state index < -0.39 is 0 Å². The summed E-state index contributed by atoms with van der Waals surface area (Å²) in [5.41, 5.74) is 0. The van der Waals surface area contributed by atoms with Gasteiger partial charge in [-0.2, -0.15) is 0 Å². The summed E-state index contributed by atoms with van der Waals surface area (Å²) in [6.07, 6.45) is 0. The Balaban J connectivity index is 2.29. The van der Waals surface area contributed by atoms with E-state index >= 15 is 0 Å². The Morgan fingerprint density at radius 3 is 2.79 bits per heavy atom. The van der Waals surface area contributed by atoms with Crippen LogP contribution in [-0.2, 0) is 5.88 Å². The second-order valence-corrected chi connectivity index (χ2v) is 2.83. The maximum absolute atomic E-state index is 5.59. The van der Waals surface area contributed by atoms with Crippen LogP contribution in [0.1, 0.15) is 5.76 Å². The van der Waals surface area contributed by atoms with Gasteiger partial charge in [-0.25, -0.2) is 0 Å². The lowest BCUT2D eigenvalue weighted by Crippen LogP contribution is -1.85. The lowest BCUT2D eigenvalue weighted by atomic mass is 10.4. The van der Waals surface area contributed by atoms with Crippen LogP contribution in [0, 0.1) is 0 Å². The molecule has 5 nitrogen and oxygen atoms in total. The normalized spacial score (nSPS) is 10.4. The van der Waals surface area contributed by atoms with Gasteiger partial charge in [-0.05, 0) is 12.1 Å². The average molecular weight is 214 g/mol. The molecule has 0 bridgehead atoms. The summed E-state index contributed by atoms with van der Waals surface area (Å²) >= 11 is 5.59. The largest absolute Gasteiger partial charge is 0.455 e. The quantitative estimate of drug-likeness (QED) is 0.792. The van der Waals surface area contributed by atoms with Crippen LogP contribution in [0.5, 0.6) is 0 Å². The minimum atomic E-state index is 0.326. The van der Waals surface area contributed by atoms with Gasteiger partial charge in [-0.3, -0.25) is 0 Å². The van der Waals surface area contributed by atoms with Gasteiger partial charge in [0, 0.05) is 7.05 Å². The fourth-order valence-corrected chi connectivity index (χ4v) is 1.13. The van der Waals surface area contributed by atoms with E-state index in [1.165, 1.54) is 0 Å². The number of hydrogen-bond acceptors (Lipinski definition) is 5. The molecule has 0 saturated heterocycles. The van der Waals surface area contributed by atoms with Gasteiger partial charge in [0.25, 0.3) is 5.89 Å². The highest BCUT2D eigenvalue weighted by molar-refractivity contribution is 6.16. The number of nitrogens with zero attached hydrogens (tertiary/aromatic N) is 2. The van der Waals surface area contributed by atoms with Crippen molar-refractivity contribution in [2.45, 2.75) is 5.88 Å². The molecule has 0 aromatic carbocycles. The van der Waals surface area contributed by atoms with Gasteiger partial charge in [-0.15, -0.1) is 16.7 Å². The van der Waals surface area contributed by atoms with Crippen molar-refractivity contribution in [1.29, 1.82) is 0 Å². The Kier molecular flexibility index (Phi) is 2.41. The van der Waals surface area contributed by atoms with Crippen LogP contribution < -0.4 is 5.32 Å². The lowest BCUT2D eigenvalue weighted by Gasteiger charge is -1.88. The molecular formula is C8H8ClN3O2. The molecule has 2 heterocycles. The predicted octanol–water partition coefficient (Wildman–Crippen LogP) is 2.11. The van der Waals surface area contributed by atoms with Crippen LogP contribution in [0.15, 0.2) is 21.0 Å². The monoisotopic (exact) mass is 213 g/mol. The smallest absolute Gasteiger partial charge is 0.315 e. The van der Waals surface area contributed by atoms with Crippen molar-refractivity contribution in [3.05, 3.63) is 17.9 Å². The molecule has 1 N–H and O–H groups in total. The fraction of sp³-hybridized carbons (Fsp3) is 0.250. The number of rotatable bonds is 3. The summed E-state index contributed by atoms with van der Waals surface area (Å²) in [5.74, 6) is 1.86. The van der Waals surface area contributed by atoms with Crippen molar-refractivity contribution >= 4 is 17.6 Å². The maximum Gasteiger partial charge on any atom is 0.315 e. The third-order valence-electron chi connectivity index (χ3n) is 1.64. The zero-order chi connectivity index (χ0) is 9.97. The molecule has 6 heteroatoms. The van der Waals surface area contributed by atoms with Crippen molar-refractivity contribution < 1.29 is 8.83 Å². The minimum absolute atomic E-state index is 0.326. The van der Waals surface area contributed by atoms with Crippen LogP contribution in [-0.4, -0.2) is 17.2 Å². The third kappa shape index (κ3) is 1.58. The molecule has 2 aromatic rings. The number of aromatic nitrogens is 2. The summed E-state index contributed by atoms with van der Waals surface area (Å²) < 4.78 is 10.5. The van der Waals surface area contributed by atoms with Crippen molar-refractivity contribution in [2.75, 3.05) is 12.4 Å². The van der Waals surface area contributed by atoms with Crippen molar-refractivity contribution in [1.82, 2.24) is 10.2 Å². The van der Waals surface area contributed by atoms with Crippen LogP contribution in [0.25, 0.3) is 11.7 Å². The molecule has 0 saturated carbocycles. The zero-order valence-corrected chi connectivity index (χ0v) is 8.21. The Morgan fingerprint density at radius 2 is 2.21 bits per heavy atom. The van der Waals surface area contributed by atoms with Crippen LogP contribution in [0.4, 0.5) is 6.01 Å². The maximum atomic E-state index is 5.59. The second-order valence-electron chi connectivity index (χ2n) is 2.56. The highest BCUT2D eigenvalue weighted by Crippen LogP contribution is 2.22. The summed E-state index contributed by atoms with van der Waals surface area (Å²) in [6, 6.07) is 3.86. The Morgan fingerprint density at radius 1 is 1.36 bits per heavy atom. The molecule has 0 aliphatic heterocycles. The highest BCUT2D eigenvalue weighted by atomic mass is 35.5. The van der Waals surface area contributed by atoms with E-state index in [1.54, 1.807) is 19.2 Å². The molecule has 2 aromatic heterocycles. The molecule has 0 spiro atoms. The SMILES string of the molecule is CNc1nnc(-c2ccc(CCl)o2)o1. The first kappa shape index (κ1) is 9.08. The molecule has 0 fully saturated rings. The van der Waals surface area contributed by atoms with Crippen LogP contribution in [0.3, 0.4) is 0 Å². The lowest BCUT2D eigenvalue weighted by molar-refractivity contribution is 0.503. The van der Waals surface area contributed by atoms with E-state index in [0.29, 0.717) is 29.3 Å². The Bertz CT molecular complexity index is 383. The van der Waals surface area contributed by atoms with E-state index in [-0.39, 0.29) is 0 Å². The molecule has 0 unspecified atom stereocenters. The molecule has 0 amide bonds. The van der Waals surface area contributed by atoms with Crippen molar-refractivity contribution in [2.24, 2.45) is 0 Å². The Hall–Kier alpha value is -1.49. The van der Waals surface area contributed by atoms with E-state index in [2.05, 4.69) is 15.5 Å². The standard InChI is InChI=1S/C8H8ClN3O2/c1-10-8-12-11-7(14-8)6-3-2-5(4-9)13-6/h2-3H,4H2,1H3,(H,10,12). The van der Waals surface area contributed by atoms with E-state index in [0.717, 1.165) is 0 Å². The zero-order valence-electron chi connectivity index (χ0n) is 7.45. The topological polar surface area (TPSA) is 64.1 Å². The van der Waals surface area contributed by atoms with Crippen molar-refractivity contribution in [3.63, 3.8) is 0 Å². The highest BCUT2D eigenvalue weighted by Gasteiger charge is 2.11. The molecular weight excluding hydrogens is 206 g/mol. The summed E-state index contributed by atoms with van der Waals surface area (Å²) in [5, 5.41) is 10.2. The van der Waals surface area contributed by atoms with E-state index in [1.807, 2.05) is 0 Å². The summed E-state index contributed by atoms with van der Waals surface area (Å²) in [6.45, 7) is 0.